The van der Waals surface area contributed by atoms with Gasteiger partial charge in [-0.25, -0.2) is 0 Å². The van der Waals surface area contributed by atoms with E-state index in [2.05, 4.69) is 22.9 Å². The molecule has 0 saturated carbocycles. The van der Waals surface area contributed by atoms with Gasteiger partial charge in [0.05, 0.1) is 5.69 Å². The van der Waals surface area contributed by atoms with E-state index in [-0.39, 0.29) is 5.75 Å². The van der Waals surface area contributed by atoms with E-state index >= 15 is 0 Å². The lowest BCUT2D eigenvalue weighted by molar-refractivity contribution is 0.475. The number of rotatable bonds is 2. The Bertz CT molecular complexity index is 569. The van der Waals surface area contributed by atoms with Gasteiger partial charge in [-0.05, 0) is 30.3 Å². The first-order valence-electron chi connectivity index (χ1n) is 4.95. The Hall–Kier alpha value is -2.01. The number of nitrogens with two attached hydrogens (primary N) is 1. The second-order valence-corrected chi connectivity index (χ2v) is 3.95. The summed E-state index contributed by atoms with van der Waals surface area (Å²) < 4.78 is 0. The number of aromatic hydroxyl groups is 1. The summed E-state index contributed by atoms with van der Waals surface area (Å²) in [7, 11) is 0. The minimum absolute atomic E-state index is 0.0377. The zero-order chi connectivity index (χ0) is 12.3. The summed E-state index contributed by atoms with van der Waals surface area (Å²) >= 11 is 4.10. The van der Waals surface area contributed by atoms with Gasteiger partial charge < -0.3 is 10.8 Å². The number of nitrogens with zero attached hydrogens (tertiary/aromatic N) is 2. The van der Waals surface area contributed by atoms with Gasteiger partial charge in [-0.1, -0.05) is 12.1 Å². The number of hydrogen-bond acceptors (Lipinski definition) is 5. The molecular weight excluding hydrogens is 234 g/mol. The van der Waals surface area contributed by atoms with E-state index in [9.17, 15) is 5.11 Å². The highest BCUT2D eigenvalue weighted by Crippen LogP contribution is 2.31. The van der Waals surface area contributed by atoms with E-state index < -0.39 is 0 Å². The minimum atomic E-state index is 0.0377. The summed E-state index contributed by atoms with van der Waals surface area (Å²) in [5.74, 6) is 0.0377. The van der Waals surface area contributed by atoms with Crippen LogP contribution >= 0.6 is 12.6 Å². The molecule has 0 spiro atoms. The molecule has 0 fully saturated rings. The number of phenols is 1. The first kappa shape index (κ1) is 11.5. The van der Waals surface area contributed by atoms with Crippen molar-refractivity contribution < 1.29 is 5.11 Å². The molecular formula is C12H11N3OS. The van der Waals surface area contributed by atoms with Gasteiger partial charge in [0.15, 0.2) is 0 Å². The van der Waals surface area contributed by atoms with Gasteiger partial charge in [0.25, 0.3) is 0 Å². The van der Waals surface area contributed by atoms with Crippen LogP contribution in [0, 0.1) is 0 Å². The molecule has 86 valence electrons. The summed E-state index contributed by atoms with van der Waals surface area (Å²) in [5.41, 5.74) is 7.21. The van der Waals surface area contributed by atoms with E-state index in [1.807, 2.05) is 12.1 Å². The van der Waals surface area contributed by atoms with Crippen LogP contribution in [0.1, 0.15) is 0 Å². The summed E-state index contributed by atoms with van der Waals surface area (Å²) in [6.45, 7) is 0. The van der Waals surface area contributed by atoms with E-state index in [1.54, 1.807) is 24.3 Å². The summed E-state index contributed by atoms with van der Waals surface area (Å²) in [6, 6.07) is 12.0. The maximum absolute atomic E-state index is 9.60. The Morgan fingerprint density at radius 2 is 1.71 bits per heavy atom. The van der Waals surface area contributed by atoms with Crippen LogP contribution in [0.2, 0.25) is 0 Å². The first-order chi connectivity index (χ1) is 8.16. The van der Waals surface area contributed by atoms with Crippen molar-refractivity contribution >= 4 is 29.7 Å². The van der Waals surface area contributed by atoms with Crippen molar-refractivity contribution in [2.75, 3.05) is 5.73 Å². The molecule has 0 heterocycles. The molecule has 0 aromatic heterocycles. The van der Waals surface area contributed by atoms with Gasteiger partial charge >= 0.3 is 0 Å². The number of anilines is 1. The van der Waals surface area contributed by atoms with Crippen LogP contribution in [0.3, 0.4) is 0 Å². The van der Waals surface area contributed by atoms with Crippen LogP contribution in [-0.4, -0.2) is 5.11 Å². The molecule has 2 aromatic carbocycles. The van der Waals surface area contributed by atoms with Crippen molar-refractivity contribution in [2.45, 2.75) is 4.90 Å². The lowest BCUT2D eigenvalue weighted by Gasteiger charge is -1.99. The Morgan fingerprint density at radius 3 is 2.41 bits per heavy atom. The van der Waals surface area contributed by atoms with Crippen LogP contribution in [0.25, 0.3) is 0 Å². The van der Waals surface area contributed by atoms with Crippen molar-refractivity contribution in [3.63, 3.8) is 0 Å². The molecule has 5 heteroatoms. The first-order valence-corrected chi connectivity index (χ1v) is 5.40. The zero-order valence-corrected chi connectivity index (χ0v) is 9.80. The molecule has 2 aromatic rings. The Balaban J connectivity index is 2.29. The van der Waals surface area contributed by atoms with Gasteiger partial charge in [-0.2, -0.15) is 0 Å². The highest BCUT2D eigenvalue weighted by Gasteiger charge is 2.00. The molecule has 0 atom stereocenters. The average molecular weight is 245 g/mol. The molecule has 0 saturated heterocycles. The predicted octanol–water partition coefficient (Wildman–Crippen LogP) is 3.68. The van der Waals surface area contributed by atoms with Gasteiger partial charge in [0.1, 0.15) is 17.1 Å². The van der Waals surface area contributed by atoms with Crippen molar-refractivity contribution in [1.82, 2.24) is 0 Å². The van der Waals surface area contributed by atoms with Gasteiger partial charge in [-0.3, -0.25) is 0 Å². The molecule has 2 rings (SSSR count). The van der Waals surface area contributed by atoms with Crippen molar-refractivity contribution in [3.05, 3.63) is 42.5 Å². The number of thiol groups is 1. The minimum Gasteiger partial charge on any atom is -0.506 e. The molecule has 0 aliphatic rings. The van der Waals surface area contributed by atoms with Crippen LogP contribution < -0.4 is 5.73 Å². The molecule has 0 unspecified atom stereocenters. The molecule has 0 aliphatic heterocycles. The second kappa shape index (κ2) is 4.88. The highest BCUT2D eigenvalue weighted by molar-refractivity contribution is 7.80. The molecule has 4 nitrogen and oxygen atoms in total. The molecule has 0 bridgehead atoms. The Labute approximate surface area is 104 Å². The monoisotopic (exact) mass is 245 g/mol. The maximum atomic E-state index is 9.60. The van der Waals surface area contributed by atoms with E-state index in [1.165, 1.54) is 6.07 Å². The predicted molar refractivity (Wildman–Crippen MR) is 70.4 cm³/mol. The van der Waals surface area contributed by atoms with Crippen LogP contribution in [0.4, 0.5) is 17.1 Å². The largest absolute Gasteiger partial charge is 0.506 e. The Morgan fingerprint density at radius 1 is 1.00 bits per heavy atom. The van der Waals surface area contributed by atoms with E-state index in [0.29, 0.717) is 22.0 Å². The van der Waals surface area contributed by atoms with Crippen LogP contribution in [0.15, 0.2) is 57.6 Å². The number of benzene rings is 2. The molecule has 0 aliphatic carbocycles. The lowest BCUT2D eigenvalue weighted by Crippen LogP contribution is -1.82. The highest BCUT2D eigenvalue weighted by atomic mass is 32.1. The second-order valence-electron chi connectivity index (χ2n) is 3.43. The van der Waals surface area contributed by atoms with Gasteiger partial charge in [-0.15, -0.1) is 22.9 Å². The number of para-hydroxylation sites is 1. The average Bonchev–Trinajstić information content (AvgIpc) is 2.30. The van der Waals surface area contributed by atoms with Crippen LogP contribution in [-0.2, 0) is 0 Å². The third kappa shape index (κ3) is 2.76. The fourth-order valence-electron chi connectivity index (χ4n) is 1.28. The van der Waals surface area contributed by atoms with Crippen molar-refractivity contribution in [2.24, 2.45) is 10.2 Å². The SMILES string of the molecule is Nc1ccccc1N=Nc1ccc(S)cc1O. The topological polar surface area (TPSA) is 71.0 Å². The third-order valence-electron chi connectivity index (χ3n) is 2.16. The zero-order valence-electron chi connectivity index (χ0n) is 8.91. The van der Waals surface area contributed by atoms with Gasteiger partial charge in [0, 0.05) is 4.90 Å². The van der Waals surface area contributed by atoms with E-state index in [0.717, 1.165) is 0 Å². The quantitative estimate of drug-likeness (QED) is 0.429. The molecule has 3 N–H and O–H groups in total. The third-order valence-corrected chi connectivity index (χ3v) is 2.44. The number of nitrogen functional groups attached to an aromatic ring is 1. The fraction of sp³-hybridized carbons (Fsp3) is 0. The summed E-state index contributed by atoms with van der Waals surface area (Å²) in [6.07, 6.45) is 0. The smallest absolute Gasteiger partial charge is 0.144 e. The summed E-state index contributed by atoms with van der Waals surface area (Å²) in [5, 5.41) is 17.5. The number of phenolic OH excluding ortho intramolecular Hbond substituents is 1. The summed E-state index contributed by atoms with van der Waals surface area (Å²) in [4.78, 5) is 0.667. The Kier molecular flexibility index (Phi) is 3.30. The molecule has 0 radical (unpaired) electrons. The standard InChI is InChI=1S/C12H11N3OS/c13-9-3-1-2-4-10(9)14-15-11-6-5-8(17)7-12(11)16/h1-7,16-17H,13H2. The molecule has 17 heavy (non-hydrogen) atoms. The fourth-order valence-corrected chi connectivity index (χ4v) is 1.48. The number of azo groups is 1. The van der Waals surface area contributed by atoms with Gasteiger partial charge in [0.2, 0.25) is 0 Å². The van der Waals surface area contributed by atoms with Crippen molar-refractivity contribution in [1.29, 1.82) is 0 Å². The van der Waals surface area contributed by atoms with E-state index in [4.69, 9.17) is 5.73 Å². The maximum Gasteiger partial charge on any atom is 0.144 e. The lowest BCUT2D eigenvalue weighted by atomic mass is 10.3. The number of hydrogen-bond donors (Lipinski definition) is 3. The normalized spacial score (nSPS) is 10.9. The van der Waals surface area contributed by atoms with Crippen LogP contribution in [0.5, 0.6) is 5.75 Å². The molecule has 0 amide bonds. The van der Waals surface area contributed by atoms with Crippen molar-refractivity contribution in [3.8, 4) is 5.75 Å².